The zero-order valence-electron chi connectivity index (χ0n) is 6.81. The van der Waals surface area contributed by atoms with Gasteiger partial charge in [-0.15, -0.1) is 0 Å². The van der Waals surface area contributed by atoms with Gasteiger partial charge in [0.15, 0.2) is 0 Å². The Bertz CT molecular complexity index is 199. The summed E-state index contributed by atoms with van der Waals surface area (Å²) in [5.41, 5.74) is 9.05. The van der Waals surface area contributed by atoms with Crippen LogP contribution in [0.1, 0.15) is 20.8 Å². The molecule has 56 valence electrons. The number of rotatable bonds is 1. The second-order valence-corrected chi connectivity index (χ2v) is 3.00. The van der Waals surface area contributed by atoms with Crippen molar-refractivity contribution in [3.05, 3.63) is 11.3 Å². The van der Waals surface area contributed by atoms with Gasteiger partial charge in [0, 0.05) is 11.4 Å². The quantitative estimate of drug-likeness (QED) is 0.583. The van der Waals surface area contributed by atoms with Gasteiger partial charge >= 0.3 is 0 Å². The van der Waals surface area contributed by atoms with Crippen LogP contribution in [-0.4, -0.2) is 12.3 Å². The van der Waals surface area contributed by atoms with Crippen LogP contribution in [0.3, 0.4) is 0 Å². The molecule has 1 rings (SSSR count). The Balaban J connectivity index is 2.90. The van der Waals surface area contributed by atoms with Crippen LogP contribution in [0.25, 0.3) is 0 Å². The van der Waals surface area contributed by atoms with E-state index in [-0.39, 0.29) is 0 Å². The summed E-state index contributed by atoms with van der Waals surface area (Å²) in [4.78, 5) is 4.24. The molecule has 1 aliphatic heterocycles. The van der Waals surface area contributed by atoms with Crippen LogP contribution in [0, 0.1) is 5.92 Å². The van der Waals surface area contributed by atoms with Gasteiger partial charge in [-0.1, -0.05) is 13.8 Å². The molecule has 2 N–H and O–H groups in total. The third kappa shape index (κ3) is 1.06. The first kappa shape index (κ1) is 7.32. The van der Waals surface area contributed by atoms with E-state index in [1.807, 2.05) is 6.92 Å². The van der Waals surface area contributed by atoms with Crippen LogP contribution in [0.2, 0.25) is 0 Å². The zero-order chi connectivity index (χ0) is 7.72. The predicted octanol–water partition coefficient (Wildman–Crippen LogP) is 1.33. The van der Waals surface area contributed by atoms with Crippen molar-refractivity contribution < 1.29 is 0 Å². The maximum atomic E-state index is 5.74. The molecule has 0 saturated heterocycles. The highest BCUT2D eigenvalue weighted by molar-refractivity contribution is 6.01. The number of allylic oxidation sites excluding steroid dienone is 1. The minimum absolute atomic E-state index is 0.520. The Kier molecular flexibility index (Phi) is 1.79. The average Bonchev–Trinajstić information content (AvgIpc) is 2.11. The molecular formula is C8H14N2. The van der Waals surface area contributed by atoms with E-state index in [1.165, 1.54) is 5.57 Å². The smallest absolute Gasteiger partial charge is 0.0791 e. The average molecular weight is 138 g/mol. The van der Waals surface area contributed by atoms with E-state index >= 15 is 0 Å². The largest absolute Gasteiger partial charge is 0.400 e. The first-order valence-electron chi connectivity index (χ1n) is 3.63. The number of hydrogen-bond acceptors (Lipinski definition) is 2. The first-order valence-corrected chi connectivity index (χ1v) is 3.63. The maximum absolute atomic E-state index is 5.74. The van der Waals surface area contributed by atoms with Crippen molar-refractivity contribution in [3.63, 3.8) is 0 Å². The molecule has 2 nitrogen and oxygen atoms in total. The Morgan fingerprint density at radius 1 is 1.50 bits per heavy atom. The van der Waals surface area contributed by atoms with Crippen molar-refractivity contribution in [2.45, 2.75) is 20.8 Å². The monoisotopic (exact) mass is 138 g/mol. The Morgan fingerprint density at radius 2 is 2.10 bits per heavy atom. The normalized spacial score (nSPS) is 18.6. The third-order valence-corrected chi connectivity index (χ3v) is 1.80. The lowest BCUT2D eigenvalue weighted by Gasteiger charge is -2.07. The summed E-state index contributed by atoms with van der Waals surface area (Å²) < 4.78 is 0. The molecule has 0 saturated carbocycles. The molecule has 1 heterocycles. The molecule has 0 aromatic heterocycles. The fourth-order valence-corrected chi connectivity index (χ4v) is 1.40. The Morgan fingerprint density at radius 3 is 2.30 bits per heavy atom. The van der Waals surface area contributed by atoms with Crippen LogP contribution in [-0.2, 0) is 0 Å². The molecular weight excluding hydrogens is 124 g/mol. The summed E-state index contributed by atoms with van der Waals surface area (Å²) in [6.07, 6.45) is 0. The second kappa shape index (κ2) is 2.45. The van der Waals surface area contributed by atoms with E-state index in [0.717, 1.165) is 11.4 Å². The molecule has 1 aliphatic rings. The number of nitrogens with two attached hydrogens (primary N) is 1. The van der Waals surface area contributed by atoms with E-state index in [1.54, 1.807) is 0 Å². The molecule has 0 aliphatic carbocycles. The van der Waals surface area contributed by atoms with Crippen molar-refractivity contribution in [2.24, 2.45) is 16.6 Å². The van der Waals surface area contributed by atoms with E-state index < -0.39 is 0 Å². The number of hydrogen-bond donors (Lipinski definition) is 1. The molecule has 0 spiro atoms. The van der Waals surface area contributed by atoms with Crippen molar-refractivity contribution in [1.29, 1.82) is 0 Å². The van der Waals surface area contributed by atoms with Crippen LogP contribution in [0.5, 0.6) is 0 Å². The van der Waals surface area contributed by atoms with Gasteiger partial charge in [-0.3, -0.25) is 4.99 Å². The molecule has 2 heteroatoms. The van der Waals surface area contributed by atoms with Crippen LogP contribution < -0.4 is 5.73 Å². The first-order chi connectivity index (χ1) is 4.63. The van der Waals surface area contributed by atoms with Crippen molar-refractivity contribution in [2.75, 3.05) is 6.54 Å². The maximum Gasteiger partial charge on any atom is 0.0791 e. The van der Waals surface area contributed by atoms with Gasteiger partial charge in [0.2, 0.25) is 0 Å². The van der Waals surface area contributed by atoms with Crippen LogP contribution in [0.15, 0.2) is 16.3 Å². The summed E-state index contributed by atoms with van der Waals surface area (Å²) in [6.45, 7) is 7.02. The summed E-state index contributed by atoms with van der Waals surface area (Å²) >= 11 is 0. The van der Waals surface area contributed by atoms with E-state index in [2.05, 4.69) is 18.8 Å². The van der Waals surface area contributed by atoms with Gasteiger partial charge in [-0.05, 0) is 18.4 Å². The lowest BCUT2D eigenvalue weighted by molar-refractivity contribution is 0.793. The minimum Gasteiger partial charge on any atom is -0.400 e. The summed E-state index contributed by atoms with van der Waals surface area (Å²) in [7, 11) is 0. The van der Waals surface area contributed by atoms with Gasteiger partial charge in [-0.25, -0.2) is 0 Å². The van der Waals surface area contributed by atoms with Crippen molar-refractivity contribution in [3.8, 4) is 0 Å². The molecule has 0 bridgehead atoms. The fourth-order valence-electron chi connectivity index (χ4n) is 1.40. The molecule has 0 atom stereocenters. The third-order valence-electron chi connectivity index (χ3n) is 1.80. The number of nitrogens with zero attached hydrogens (tertiary/aromatic N) is 1. The predicted molar refractivity (Wildman–Crippen MR) is 44.0 cm³/mol. The van der Waals surface area contributed by atoms with Gasteiger partial charge < -0.3 is 5.73 Å². The lowest BCUT2D eigenvalue weighted by Crippen LogP contribution is -2.08. The highest BCUT2D eigenvalue weighted by Gasteiger charge is 2.15. The van der Waals surface area contributed by atoms with Crippen LogP contribution in [0.4, 0.5) is 0 Å². The van der Waals surface area contributed by atoms with Crippen LogP contribution >= 0.6 is 0 Å². The summed E-state index contributed by atoms with van der Waals surface area (Å²) in [6, 6.07) is 0. The fraction of sp³-hybridized carbons (Fsp3) is 0.625. The van der Waals surface area contributed by atoms with Gasteiger partial charge in [0.1, 0.15) is 0 Å². The van der Waals surface area contributed by atoms with E-state index in [4.69, 9.17) is 5.73 Å². The lowest BCUT2D eigenvalue weighted by atomic mass is 9.99. The highest BCUT2D eigenvalue weighted by atomic mass is 14.8. The minimum atomic E-state index is 0.520. The Hall–Kier alpha value is -0.790. The highest BCUT2D eigenvalue weighted by Crippen LogP contribution is 2.18. The second-order valence-electron chi connectivity index (χ2n) is 3.00. The molecule has 0 radical (unpaired) electrons. The molecule has 0 unspecified atom stereocenters. The standard InChI is InChI=1S/C8H14N2/c1-5(2)8-6(3)10-4-7(8)9/h5H,4,9H2,1-3H3. The molecule has 10 heavy (non-hydrogen) atoms. The van der Waals surface area contributed by atoms with Crippen molar-refractivity contribution in [1.82, 2.24) is 0 Å². The summed E-state index contributed by atoms with van der Waals surface area (Å²) in [5, 5.41) is 0. The Labute approximate surface area is 61.8 Å². The molecule has 0 aromatic carbocycles. The van der Waals surface area contributed by atoms with Gasteiger partial charge in [-0.2, -0.15) is 0 Å². The van der Waals surface area contributed by atoms with Crippen molar-refractivity contribution >= 4 is 5.71 Å². The number of aliphatic imine (C=N–C) groups is 1. The van der Waals surface area contributed by atoms with Gasteiger partial charge in [0.25, 0.3) is 0 Å². The topological polar surface area (TPSA) is 38.4 Å². The zero-order valence-corrected chi connectivity index (χ0v) is 6.81. The SMILES string of the molecule is CC1=NCC(N)=C1C(C)C. The van der Waals surface area contributed by atoms with Gasteiger partial charge in [0.05, 0.1) is 6.54 Å². The molecule has 0 aromatic rings. The molecule has 0 amide bonds. The summed E-state index contributed by atoms with van der Waals surface area (Å²) in [5.74, 6) is 0.520. The van der Waals surface area contributed by atoms with E-state index in [0.29, 0.717) is 12.5 Å². The van der Waals surface area contributed by atoms with E-state index in [9.17, 15) is 0 Å². The molecule has 0 fully saturated rings.